The fourth-order valence-corrected chi connectivity index (χ4v) is 5.64. The molecule has 0 bridgehead atoms. The summed E-state index contributed by atoms with van der Waals surface area (Å²) in [7, 11) is -0.501. The van der Waals surface area contributed by atoms with E-state index in [9.17, 15) is 8.78 Å². The molecule has 7 nitrogen and oxygen atoms in total. The Kier molecular flexibility index (Phi) is 9.80. The van der Waals surface area contributed by atoms with Crippen molar-refractivity contribution in [2.75, 3.05) is 27.1 Å². The molecule has 1 aliphatic rings. The van der Waals surface area contributed by atoms with Gasteiger partial charge in [0.05, 0.1) is 18.8 Å². The van der Waals surface area contributed by atoms with Gasteiger partial charge in [-0.25, -0.2) is 13.5 Å². The summed E-state index contributed by atoms with van der Waals surface area (Å²) < 4.78 is 53.0. The maximum absolute atomic E-state index is 14.6. The molecule has 1 heterocycles. The minimum atomic E-state index is -2.07. The first-order valence-electron chi connectivity index (χ1n) is 12.4. The van der Waals surface area contributed by atoms with Gasteiger partial charge in [0.2, 0.25) is 0 Å². The molecule has 0 radical (unpaired) electrons. The minimum Gasteiger partial charge on any atom is -0.490 e. The zero-order chi connectivity index (χ0) is 25.5. The van der Waals surface area contributed by atoms with Crippen molar-refractivity contribution < 1.29 is 27.4 Å². The first-order chi connectivity index (χ1) is 16.7. The normalized spacial score (nSPS) is 15.9. The van der Waals surface area contributed by atoms with Gasteiger partial charge < -0.3 is 18.6 Å². The number of hydrogen-bond acceptors (Lipinski definition) is 6. The van der Waals surface area contributed by atoms with Gasteiger partial charge in [-0.2, -0.15) is 0 Å². The van der Waals surface area contributed by atoms with Crippen LogP contribution in [0.5, 0.6) is 5.75 Å². The number of aromatic nitrogens is 3. The molecule has 1 aromatic heterocycles. The number of methoxy groups -OCH3 is 1. The summed E-state index contributed by atoms with van der Waals surface area (Å²) in [5, 5.41) is 8.38. The Labute approximate surface area is 208 Å². The molecule has 0 saturated heterocycles. The number of hydrogen-bond donors (Lipinski definition) is 0. The average molecular weight is 512 g/mol. The highest BCUT2D eigenvalue weighted by molar-refractivity contribution is 6.69. The Morgan fingerprint density at radius 2 is 2.00 bits per heavy atom. The van der Waals surface area contributed by atoms with Crippen LogP contribution in [0.1, 0.15) is 49.6 Å². The molecule has 1 saturated carbocycles. The van der Waals surface area contributed by atoms with Crippen molar-refractivity contribution in [2.45, 2.75) is 77.5 Å². The van der Waals surface area contributed by atoms with Gasteiger partial charge in [0, 0.05) is 13.7 Å². The van der Waals surface area contributed by atoms with Crippen molar-refractivity contribution in [3.05, 3.63) is 41.0 Å². The molecule has 2 aromatic rings. The van der Waals surface area contributed by atoms with Crippen molar-refractivity contribution in [1.29, 1.82) is 0 Å². The first kappa shape index (κ1) is 27.7. The van der Waals surface area contributed by atoms with Crippen LogP contribution in [0, 0.1) is 11.7 Å². The Hall–Kier alpha value is -1.88. The van der Waals surface area contributed by atoms with Crippen LogP contribution in [0.25, 0.3) is 0 Å². The van der Waals surface area contributed by atoms with E-state index >= 15 is 0 Å². The lowest BCUT2D eigenvalue weighted by atomic mass is 9.90. The molecule has 1 fully saturated rings. The quantitative estimate of drug-likeness (QED) is 0.171. The lowest BCUT2D eigenvalue weighted by Gasteiger charge is -2.39. The second-order valence-electron chi connectivity index (χ2n) is 10.2. The molecule has 0 N–H and O–H groups in total. The van der Waals surface area contributed by atoms with Gasteiger partial charge in [0.15, 0.2) is 19.9 Å². The Morgan fingerprint density at radius 1 is 1.23 bits per heavy atom. The zero-order valence-corrected chi connectivity index (χ0v) is 22.6. The van der Waals surface area contributed by atoms with Gasteiger partial charge in [-0.15, -0.1) is 5.10 Å². The van der Waals surface area contributed by atoms with E-state index < -0.39 is 20.6 Å². The van der Waals surface area contributed by atoms with Crippen LogP contribution in [0.3, 0.4) is 0 Å². The fraction of sp³-hybridized carbons (Fsp3) is 0.680. The van der Waals surface area contributed by atoms with E-state index in [0.29, 0.717) is 50.6 Å². The Morgan fingerprint density at radius 3 is 2.63 bits per heavy atom. The van der Waals surface area contributed by atoms with Crippen molar-refractivity contribution in [1.82, 2.24) is 15.0 Å². The summed E-state index contributed by atoms with van der Waals surface area (Å²) in [6, 6.07) is 4.96. The highest BCUT2D eigenvalue weighted by atomic mass is 28.4. The number of ether oxygens (including phenoxy) is 3. The number of alkyl halides is 1. The molecule has 3 rings (SSSR count). The summed E-state index contributed by atoms with van der Waals surface area (Å²) >= 11 is 0. The van der Waals surface area contributed by atoms with Crippen molar-refractivity contribution in [3.63, 3.8) is 0 Å². The largest absolute Gasteiger partial charge is 0.490 e. The summed E-state index contributed by atoms with van der Waals surface area (Å²) in [6.45, 7) is 9.25. The highest BCUT2D eigenvalue weighted by Gasteiger charge is 2.39. The summed E-state index contributed by atoms with van der Waals surface area (Å²) in [5.74, 6) is 0.367. The van der Waals surface area contributed by atoms with E-state index in [1.165, 1.54) is 6.07 Å². The van der Waals surface area contributed by atoms with Crippen LogP contribution >= 0.6 is 0 Å². The Balaban J connectivity index is 1.92. The van der Waals surface area contributed by atoms with E-state index in [0.717, 1.165) is 24.1 Å². The smallest absolute Gasteiger partial charge is 0.185 e. The maximum Gasteiger partial charge on any atom is 0.185 e. The topological polar surface area (TPSA) is 67.6 Å². The fourth-order valence-electron chi connectivity index (χ4n) is 4.14. The predicted molar refractivity (Wildman–Crippen MR) is 132 cm³/mol. The van der Waals surface area contributed by atoms with Crippen LogP contribution in [0.2, 0.25) is 19.6 Å². The lowest BCUT2D eigenvalue weighted by Crippen LogP contribution is -2.44. The first-order valence-corrected chi connectivity index (χ1v) is 15.8. The van der Waals surface area contributed by atoms with Crippen LogP contribution < -0.4 is 4.74 Å². The molecule has 0 amide bonds. The van der Waals surface area contributed by atoms with E-state index in [1.54, 1.807) is 23.9 Å². The molecule has 0 unspecified atom stereocenters. The van der Waals surface area contributed by atoms with Crippen LogP contribution in [0.4, 0.5) is 8.78 Å². The third-order valence-electron chi connectivity index (χ3n) is 6.05. The number of benzene rings is 1. The van der Waals surface area contributed by atoms with Gasteiger partial charge in [0.25, 0.3) is 0 Å². The molecule has 0 spiro atoms. The monoisotopic (exact) mass is 511 g/mol. The standard InChI is InChI=1S/C25H39F2N3O4Si/c1-6-25(34-35(3,4)5,20-11-12-21(27)24(14-20)33-16-19-9-10-19)17-30-23(22(15-26)28-29-30)8-7-13-32-18-31-2/h11-12,14,19H,6-10,13,15-18H2,1-5H3/t25-/m1/s1. The van der Waals surface area contributed by atoms with Crippen LogP contribution in [0.15, 0.2) is 18.2 Å². The minimum absolute atomic E-state index is 0.214. The molecular weight excluding hydrogens is 472 g/mol. The van der Waals surface area contributed by atoms with E-state index in [-0.39, 0.29) is 18.4 Å². The third kappa shape index (κ3) is 7.80. The zero-order valence-electron chi connectivity index (χ0n) is 21.6. The van der Waals surface area contributed by atoms with E-state index in [4.69, 9.17) is 18.6 Å². The van der Waals surface area contributed by atoms with Crippen molar-refractivity contribution >= 4 is 8.32 Å². The van der Waals surface area contributed by atoms with E-state index in [1.807, 2.05) is 6.92 Å². The number of nitrogens with zero attached hydrogens (tertiary/aromatic N) is 3. The van der Waals surface area contributed by atoms with Gasteiger partial charge in [-0.05, 0) is 75.4 Å². The van der Waals surface area contributed by atoms with Gasteiger partial charge in [-0.3, -0.25) is 0 Å². The summed E-state index contributed by atoms with van der Waals surface area (Å²) in [4.78, 5) is 0. The molecule has 1 atom stereocenters. The number of halogens is 2. The maximum atomic E-state index is 14.6. The molecule has 35 heavy (non-hydrogen) atoms. The molecular formula is C25H39F2N3O4Si. The SMILES string of the molecule is CC[C@](Cn1nnc(CF)c1CCCOCOC)(O[Si](C)(C)C)c1ccc(F)c(OCC2CC2)c1. The molecule has 10 heteroatoms. The summed E-state index contributed by atoms with van der Waals surface area (Å²) in [5.41, 5.74) is 1.07. The van der Waals surface area contributed by atoms with Gasteiger partial charge >= 0.3 is 0 Å². The second-order valence-corrected chi connectivity index (χ2v) is 14.6. The van der Waals surface area contributed by atoms with Crippen molar-refractivity contribution in [2.24, 2.45) is 5.92 Å². The van der Waals surface area contributed by atoms with Crippen molar-refractivity contribution in [3.8, 4) is 5.75 Å². The number of rotatable bonds is 16. The average Bonchev–Trinajstić information content (AvgIpc) is 3.57. The molecule has 0 aliphatic heterocycles. The molecule has 1 aliphatic carbocycles. The lowest BCUT2D eigenvalue weighted by molar-refractivity contribution is -0.0311. The van der Waals surface area contributed by atoms with Crippen LogP contribution in [-0.4, -0.2) is 50.4 Å². The van der Waals surface area contributed by atoms with E-state index in [2.05, 4.69) is 30.0 Å². The predicted octanol–water partition coefficient (Wildman–Crippen LogP) is 5.39. The molecule has 1 aromatic carbocycles. The van der Waals surface area contributed by atoms with Gasteiger partial charge in [-0.1, -0.05) is 18.2 Å². The molecule has 196 valence electrons. The Bertz CT molecular complexity index is 949. The van der Waals surface area contributed by atoms with Gasteiger partial charge in [0.1, 0.15) is 24.8 Å². The summed E-state index contributed by atoms with van der Waals surface area (Å²) in [6.07, 6.45) is 4.10. The second kappa shape index (κ2) is 12.4. The third-order valence-corrected chi connectivity index (χ3v) is 7.06. The van der Waals surface area contributed by atoms with Crippen LogP contribution in [-0.2, 0) is 39.1 Å². The highest BCUT2D eigenvalue weighted by Crippen LogP contribution is 2.38.